The lowest BCUT2D eigenvalue weighted by atomic mass is 9.96. The van der Waals surface area contributed by atoms with Crippen LogP contribution in [0.4, 0.5) is 0 Å². The lowest BCUT2D eigenvalue weighted by molar-refractivity contribution is 0.287. The van der Waals surface area contributed by atoms with Crippen molar-refractivity contribution in [3.05, 3.63) is 70.5 Å². The van der Waals surface area contributed by atoms with Crippen molar-refractivity contribution in [2.75, 3.05) is 20.3 Å². The van der Waals surface area contributed by atoms with E-state index >= 15 is 0 Å². The molecule has 0 radical (unpaired) electrons. The van der Waals surface area contributed by atoms with Gasteiger partial charge in [0.05, 0.1) is 32.1 Å². The fourth-order valence-corrected chi connectivity index (χ4v) is 4.27. The molecule has 4 rings (SSSR count). The van der Waals surface area contributed by atoms with Crippen molar-refractivity contribution in [1.82, 2.24) is 9.88 Å². The Labute approximate surface area is 178 Å². The largest absolute Gasteiger partial charge is 0.496 e. The normalized spacial score (nSPS) is 15.2. The maximum absolute atomic E-state index is 5.89. The van der Waals surface area contributed by atoms with Gasteiger partial charge in [-0.25, -0.2) is 0 Å². The molecule has 1 aliphatic rings. The second-order valence-corrected chi connectivity index (χ2v) is 7.59. The number of fused-ring (bicyclic) bond motifs is 3. The molecule has 1 aromatic heterocycles. The zero-order valence-corrected chi connectivity index (χ0v) is 18.4. The van der Waals surface area contributed by atoms with Gasteiger partial charge in [-0.2, -0.15) is 0 Å². The average molecular weight is 407 g/mol. The van der Waals surface area contributed by atoms with E-state index in [0.717, 1.165) is 35.0 Å². The first-order valence-corrected chi connectivity index (χ1v) is 10.6. The van der Waals surface area contributed by atoms with Gasteiger partial charge in [-0.3, -0.25) is 0 Å². The maximum Gasteiger partial charge on any atom is 0.163 e. The molecule has 1 N–H and O–H groups in total. The van der Waals surface area contributed by atoms with E-state index in [2.05, 4.69) is 66.3 Å². The van der Waals surface area contributed by atoms with Crippen LogP contribution in [-0.4, -0.2) is 24.9 Å². The zero-order chi connectivity index (χ0) is 21.3. The molecule has 0 amide bonds. The van der Waals surface area contributed by atoms with Crippen LogP contribution in [0.1, 0.15) is 47.8 Å². The van der Waals surface area contributed by atoms with Gasteiger partial charge in [0.25, 0.3) is 0 Å². The molecule has 1 atom stereocenters. The summed E-state index contributed by atoms with van der Waals surface area (Å²) in [6.07, 6.45) is 2.12. The molecule has 2 heterocycles. The van der Waals surface area contributed by atoms with Crippen LogP contribution >= 0.6 is 0 Å². The summed E-state index contributed by atoms with van der Waals surface area (Å²) in [6, 6.07) is 12.9. The Morgan fingerprint density at radius 2 is 1.70 bits per heavy atom. The smallest absolute Gasteiger partial charge is 0.163 e. The number of aromatic nitrogens is 1. The standard InChI is InChI=1S/C25H30N2O3/c1-6-29-23-13-18-15-26-25(19-11-17(4)22(28-5)12-16(19)3)20-9-8-10-27(20)21(18)14-24(23)30-7-2/h8-14,25-26H,6-7,15H2,1-5H3/t25-/m1/s1. The van der Waals surface area contributed by atoms with Crippen LogP contribution < -0.4 is 19.5 Å². The van der Waals surface area contributed by atoms with Gasteiger partial charge in [0.15, 0.2) is 11.5 Å². The molecule has 0 spiro atoms. The van der Waals surface area contributed by atoms with Crippen molar-refractivity contribution in [2.45, 2.75) is 40.3 Å². The molecule has 3 aromatic rings. The van der Waals surface area contributed by atoms with E-state index in [1.165, 1.54) is 22.4 Å². The number of ether oxygens (including phenoxy) is 3. The third kappa shape index (κ3) is 3.54. The number of nitrogens with zero attached hydrogens (tertiary/aromatic N) is 1. The van der Waals surface area contributed by atoms with Gasteiger partial charge in [0.2, 0.25) is 0 Å². The molecule has 0 fully saturated rings. The minimum absolute atomic E-state index is 0.0723. The van der Waals surface area contributed by atoms with E-state index in [9.17, 15) is 0 Å². The van der Waals surface area contributed by atoms with Gasteiger partial charge < -0.3 is 24.1 Å². The summed E-state index contributed by atoms with van der Waals surface area (Å²) >= 11 is 0. The molecule has 5 nitrogen and oxygen atoms in total. The Morgan fingerprint density at radius 1 is 0.967 bits per heavy atom. The molecule has 2 aromatic carbocycles. The minimum atomic E-state index is 0.0723. The lowest BCUT2D eigenvalue weighted by Gasteiger charge is -2.21. The predicted octanol–water partition coefficient (Wildman–Crippen LogP) is 5.09. The quantitative estimate of drug-likeness (QED) is 0.619. The summed E-state index contributed by atoms with van der Waals surface area (Å²) in [4.78, 5) is 0. The van der Waals surface area contributed by atoms with Crippen LogP contribution in [0, 0.1) is 13.8 Å². The van der Waals surface area contributed by atoms with Crippen LogP contribution in [0.3, 0.4) is 0 Å². The van der Waals surface area contributed by atoms with E-state index in [0.29, 0.717) is 13.2 Å². The van der Waals surface area contributed by atoms with Gasteiger partial charge in [0.1, 0.15) is 5.75 Å². The van der Waals surface area contributed by atoms with Crippen molar-refractivity contribution in [1.29, 1.82) is 0 Å². The fourth-order valence-electron chi connectivity index (χ4n) is 4.27. The van der Waals surface area contributed by atoms with E-state index in [-0.39, 0.29) is 6.04 Å². The van der Waals surface area contributed by atoms with Crippen molar-refractivity contribution in [3.63, 3.8) is 0 Å². The molecule has 0 unspecified atom stereocenters. The first kappa shape index (κ1) is 20.4. The van der Waals surface area contributed by atoms with E-state index in [4.69, 9.17) is 14.2 Å². The van der Waals surface area contributed by atoms with E-state index < -0.39 is 0 Å². The van der Waals surface area contributed by atoms with Gasteiger partial charge in [-0.15, -0.1) is 0 Å². The molecule has 0 aliphatic carbocycles. The van der Waals surface area contributed by atoms with Crippen LogP contribution in [0.25, 0.3) is 5.69 Å². The molecule has 30 heavy (non-hydrogen) atoms. The highest BCUT2D eigenvalue weighted by Gasteiger charge is 2.26. The molecule has 158 valence electrons. The van der Waals surface area contributed by atoms with Crippen molar-refractivity contribution in [2.24, 2.45) is 0 Å². The molecular weight excluding hydrogens is 376 g/mol. The molecule has 5 heteroatoms. The SMILES string of the molecule is CCOc1cc2c(cc1OCC)-n1cccc1[C@@H](c1cc(C)c(OC)cc1C)NC2. The van der Waals surface area contributed by atoms with Crippen molar-refractivity contribution >= 4 is 0 Å². The van der Waals surface area contributed by atoms with Gasteiger partial charge in [-0.1, -0.05) is 6.07 Å². The predicted molar refractivity (Wildman–Crippen MR) is 119 cm³/mol. The van der Waals surface area contributed by atoms with E-state index in [1.807, 2.05) is 13.8 Å². The molecule has 0 bridgehead atoms. The second-order valence-electron chi connectivity index (χ2n) is 7.59. The van der Waals surface area contributed by atoms with Gasteiger partial charge in [0, 0.05) is 24.5 Å². The highest BCUT2D eigenvalue weighted by molar-refractivity contribution is 5.57. The first-order valence-electron chi connectivity index (χ1n) is 10.6. The summed E-state index contributed by atoms with van der Waals surface area (Å²) < 4.78 is 19.5. The van der Waals surface area contributed by atoms with Crippen LogP contribution in [0.15, 0.2) is 42.6 Å². The lowest BCUT2D eigenvalue weighted by Crippen LogP contribution is -2.22. The number of aryl methyl sites for hydroxylation is 2. The van der Waals surface area contributed by atoms with Gasteiger partial charge >= 0.3 is 0 Å². The number of nitrogens with one attached hydrogen (secondary N) is 1. The molecule has 0 saturated carbocycles. The fraction of sp³-hybridized carbons (Fsp3) is 0.360. The highest BCUT2D eigenvalue weighted by atomic mass is 16.5. The maximum atomic E-state index is 5.89. The Balaban J connectivity index is 1.83. The topological polar surface area (TPSA) is 44.7 Å². The Kier molecular flexibility index (Phi) is 5.73. The molecular formula is C25H30N2O3. The zero-order valence-electron chi connectivity index (χ0n) is 18.4. The third-order valence-corrected chi connectivity index (χ3v) is 5.67. The monoisotopic (exact) mass is 406 g/mol. The number of methoxy groups -OCH3 is 1. The first-order chi connectivity index (χ1) is 14.6. The summed E-state index contributed by atoms with van der Waals surface area (Å²) in [5.74, 6) is 2.50. The summed E-state index contributed by atoms with van der Waals surface area (Å²) in [7, 11) is 1.72. The van der Waals surface area contributed by atoms with Crippen LogP contribution in [0.5, 0.6) is 17.2 Å². The number of benzene rings is 2. The average Bonchev–Trinajstić information content (AvgIpc) is 3.16. The Bertz CT molecular complexity index is 1050. The highest BCUT2D eigenvalue weighted by Crippen LogP contribution is 2.38. The minimum Gasteiger partial charge on any atom is -0.496 e. The molecule has 1 aliphatic heterocycles. The van der Waals surface area contributed by atoms with Crippen molar-refractivity contribution < 1.29 is 14.2 Å². The van der Waals surface area contributed by atoms with Crippen LogP contribution in [0.2, 0.25) is 0 Å². The summed E-state index contributed by atoms with van der Waals surface area (Å²) in [6.45, 7) is 10.2. The third-order valence-electron chi connectivity index (χ3n) is 5.67. The number of hydrogen-bond acceptors (Lipinski definition) is 4. The van der Waals surface area contributed by atoms with E-state index in [1.54, 1.807) is 7.11 Å². The summed E-state index contributed by atoms with van der Waals surface area (Å²) in [5, 5.41) is 3.76. The second kappa shape index (κ2) is 8.44. The number of rotatable bonds is 6. The number of hydrogen-bond donors (Lipinski definition) is 1. The van der Waals surface area contributed by atoms with Crippen LogP contribution in [-0.2, 0) is 6.54 Å². The Hall–Kier alpha value is -2.92. The Morgan fingerprint density at radius 3 is 2.40 bits per heavy atom. The summed E-state index contributed by atoms with van der Waals surface area (Å²) in [5.41, 5.74) is 7.12. The van der Waals surface area contributed by atoms with Gasteiger partial charge in [-0.05, 0) is 74.2 Å². The molecule has 0 saturated heterocycles. The van der Waals surface area contributed by atoms with Crippen molar-refractivity contribution in [3.8, 4) is 22.9 Å².